The zero-order chi connectivity index (χ0) is 28.8. The Kier molecular flexibility index (Phi) is 10.4. The summed E-state index contributed by atoms with van der Waals surface area (Å²) in [5.74, 6) is 0. The fourth-order valence-corrected chi connectivity index (χ4v) is 5.16. The Hall–Kier alpha value is -2.24. The van der Waals surface area contributed by atoms with Crippen LogP contribution in [0.4, 0.5) is 0 Å². The van der Waals surface area contributed by atoms with E-state index in [-0.39, 0.29) is 10.8 Å². The first-order valence-electron chi connectivity index (χ1n) is 14.1. The molecule has 0 spiro atoms. The monoisotopic (exact) mass is 592 g/mol. The Morgan fingerprint density at radius 1 is 0.718 bits per heavy atom. The van der Waals surface area contributed by atoms with Crippen LogP contribution in [0, 0.1) is 11.5 Å². The molecule has 0 N–H and O–H groups in total. The van der Waals surface area contributed by atoms with Crippen LogP contribution in [-0.2, 0) is 41.5 Å². The van der Waals surface area contributed by atoms with Crippen molar-refractivity contribution in [2.75, 3.05) is 0 Å². The second-order valence-electron chi connectivity index (χ2n) is 13.6. The van der Waals surface area contributed by atoms with Gasteiger partial charge in [-0.1, -0.05) is 103 Å². The van der Waals surface area contributed by atoms with Gasteiger partial charge in [0.05, 0.1) is 0 Å². The van der Waals surface area contributed by atoms with Crippen molar-refractivity contribution in [2.45, 2.75) is 86.0 Å². The third-order valence-electron chi connectivity index (χ3n) is 7.18. The van der Waals surface area contributed by atoms with Crippen LogP contribution in [0.3, 0.4) is 0 Å². The Bertz CT molecular complexity index is 1370. The molecule has 202 valence electrons. The van der Waals surface area contributed by atoms with Crippen molar-refractivity contribution in [3.8, 4) is 0 Å². The number of hydrogen-bond acceptors (Lipinski definition) is 0. The summed E-state index contributed by atoms with van der Waals surface area (Å²) in [7, 11) is 0. The van der Waals surface area contributed by atoms with Crippen molar-refractivity contribution in [2.24, 2.45) is 5.41 Å². The molecule has 5 rings (SSSR count). The van der Waals surface area contributed by atoms with Crippen molar-refractivity contribution >= 4 is 25.3 Å². The fourth-order valence-electron chi connectivity index (χ4n) is 4.58. The quantitative estimate of drug-likeness (QED) is 0.203. The van der Waals surface area contributed by atoms with E-state index in [1.807, 2.05) is 6.07 Å². The molecule has 1 heteroatoms. The minimum absolute atomic E-state index is 0.194. The molecule has 4 aromatic rings. The standard InChI is InChI=1S/C21H25.C9H13.C8H8.Zr/c1-20(2,3)16-9-7-14-11-15-8-10-17(21(4,5)6)13-19(15)18(14)12-16;1-9(2,3)8-6-4-5-7-8;1-2-8-6-4-3-5-7-8;/h7-13H,1-6H3;6-7H,4H2,1-3H3;1,3-7H,2H2;/q2*-1;;+2. The molecule has 0 unspecified atom stereocenters. The molecule has 39 heavy (non-hydrogen) atoms. The van der Waals surface area contributed by atoms with E-state index in [1.54, 1.807) is 0 Å². The van der Waals surface area contributed by atoms with E-state index in [0.717, 1.165) is 12.8 Å². The van der Waals surface area contributed by atoms with E-state index in [2.05, 4.69) is 151 Å². The SMILES string of the molecule is CC(C)(C)C1=CC[C-]=C1.CC(C)(C)c1ccc2[cH-]c3ccc(C(C)(C)C)cc3c2c1.[Zr+2]=[CH]Cc1ccccc1. The number of benzene rings is 3. The Morgan fingerprint density at radius 3 is 1.59 bits per heavy atom. The second kappa shape index (κ2) is 13.0. The van der Waals surface area contributed by atoms with Gasteiger partial charge in [0.15, 0.2) is 0 Å². The van der Waals surface area contributed by atoms with Crippen LogP contribution in [0.15, 0.2) is 90.5 Å². The van der Waals surface area contributed by atoms with Gasteiger partial charge in [0, 0.05) is 0 Å². The third kappa shape index (κ3) is 8.88. The van der Waals surface area contributed by atoms with Gasteiger partial charge in [-0.25, -0.2) is 6.08 Å². The summed E-state index contributed by atoms with van der Waals surface area (Å²) >= 11 is 1.51. The van der Waals surface area contributed by atoms with Gasteiger partial charge in [0.1, 0.15) is 0 Å². The first-order chi connectivity index (χ1) is 18.2. The van der Waals surface area contributed by atoms with Gasteiger partial charge in [0.2, 0.25) is 0 Å². The number of hydrogen-bond donors (Lipinski definition) is 0. The minimum atomic E-state index is 0.194. The molecule has 0 amide bonds. The van der Waals surface area contributed by atoms with Gasteiger partial charge in [0.25, 0.3) is 0 Å². The molecular formula is C38H46Zr. The topological polar surface area (TPSA) is 0 Å². The average molecular weight is 594 g/mol. The molecule has 0 bridgehead atoms. The molecule has 4 aromatic carbocycles. The van der Waals surface area contributed by atoms with E-state index in [0.29, 0.717) is 5.41 Å². The molecule has 0 atom stereocenters. The normalized spacial score (nSPS) is 13.5. The van der Waals surface area contributed by atoms with E-state index < -0.39 is 0 Å². The first kappa shape index (κ1) is 31.3. The molecular weight excluding hydrogens is 548 g/mol. The predicted octanol–water partition coefficient (Wildman–Crippen LogP) is 10.6. The van der Waals surface area contributed by atoms with Crippen LogP contribution in [0.5, 0.6) is 0 Å². The molecule has 0 heterocycles. The van der Waals surface area contributed by atoms with E-state index >= 15 is 0 Å². The molecule has 0 aromatic heterocycles. The van der Waals surface area contributed by atoms with Gasteiger partial charge >= 0.3 is 70.3 Å². The molecule has 0 aliphatic heterocycles. The Morgan fingerprint density at radius 2 is 1.23 bits per heavy atom. The van der Waals surface area contributed by atoms with Crippen LogP contribution < -0.4 is 0 Å². The average Bonchev–Trinajstić information content (AvgIpc) is 3.52. The zero-order valence-electron chi connectivity index (χ0n) is 25.6. The van der Waals surface area contributed by atoms with Crippen LogP contribution in [-0.4, -0.2) is 3.71 Å². The Balaban J connectivity index is 0.000000192. The van der Waals surface area contributed by atoms with Crippen molar-refractivity contribution in [1.29, 1.82) is 0 Å². The molecule has 0 radical (unpaired) electrons. The summed E-state index contributed by atoms with van der Waals surface area (Å²) in [6.07, 6.45) is 9.63. The Labute approximate surface area is 252 Å². The van der Waals surface area contributed by atoms with Gasteiger partial charge in [-0.05, 0) is 10.8 Å². The maximum absolute atomic E-state index is 3.16. The number of fused-ring (bicyclic) bond motifs is 3. The van der Waals surface area contributed by atoms with Gasteiger partial charge < -0.3 is 0 Å². The van der Waals surface area contributed by atoms with Crippen molar-refractivity contribution in [3.05, 3.63) is 113 Å². The van der Waals surface area contributed by atoms with Crippen LogP contribution in [0.1, 0.15) is 85.4 Å². The number of allylic oxidation sites excluding steroid dienone is 4. The van der Waals surface area contributed by atoms with Crippen LogP contribution >= 0.6 is 0 Å². The third-order valence-corrected chi connectivity index (χ3v) is 7.69. The van der Waals surface area contributed by atoms with E-state index in [9.17, 15) is 0 Å². The summed E-state index contributed by atoms with van der Waals surface area (Å²) in [5.41, 5.74) is 6.35. The van der Waals surface area contributed by atoms with Crippen molar-refractivity contribution in [3.63, 3.8) is 0 Å². The number of rotatable bonds is 2. The first-order valence-corrected chi connectivity index (χ1v) is 15.6. The summed E-state index contributed by atoms with van der Waals surface area (Å²) < 4.78 is 2.25. The maximum atomic E-state index is 3.16. The molecule has 1 aliphatic carbocycles. The second-order valence-corrected chi connectivity index (χ2v) is 14.6. The summed E-state index contributed by atoms with van der Waals surface area (Å²) in [5, 5.41) is 5.49. The van der Waals surface area contributed by atoms with Gasteiger partial charge in [-0.15, -0.1) is 46.2 Å². The van der Waals surface area contributed by atoms with E-state index in [4.69, 9.17) is 0 Å². The van der Waals surface area contributed by atoms with E-state index in [1.165, 1.54) is 68.0 Å². The van der Waals surface area contributed by atoms with Gasteiger partial charge in [-0.3, -0.25) is 6.08 Å². The summed E-state index contributed by atoms with van der Waals surface area (Å²) in [6, 6.07) is 26.7. The zero-order valence-corrected chi connectivity index (χ0v) is 28.0. The van der Waals surface area contributed by atoms with Crippen LogP contribution in [0.2, 0.25) is 0 Å². The summed E-state index contributed by atoms with van der Waals surface area (Å²) in [4.78, 5) is 0. The van der Waals surface area contributed by atoms with Crippen molar-refractivity contribution in [1.82, 2.24) is 0 Å². The molecule has 0 fully saturated rings. The summed E-state index contributed by atoms with van der Waals surface area (Å²) in [6.45, 7) is 20.3. The van der Waals surface area contributed by atoms with Crippen molar-refractivity contribution < 1.29 is 24.2 Å². The molecule has 0 saturated carbocycles. The predicted molar refractivity (Wildman–Crippen MR) is 171 cm³/mol. The molecule has 0 saturated heterocycles. The molecule has 0 nitrogen and oxygen atoms in total. The van der Waals surface area contributed by atoms with Gasteiger partial charge in [-0.2, -0.15) is 11.6 Å². The molecule has 1 aliphatic rings. The fraction of sp³-hybridized carbons (Fsp3) is 0.368. The van der Waals surface area contributed by atoms with Crippen LogP contribution in [0.25, 0.3) is 21.5 Å².